The molecule has 5 nitrogen and oxygen atoms in total. The Kier molecular flexibility index (Phi) is 3.28. The van der Waals surface area contributed by atoms with Crippen molar-refractivity contribution in [3.63, 3.8) is 0 Å². The van der Waals surface area contributed by atoms with Crippen LogP contribution in [0.25, 0.3) is 0 Å². The summed E-state index contributed by atoms with van der Waals surface area (Å²) < 4.78 is 4.93. The van der Waals surface area contributed by atoms with Gasteiger partial charge in [-0.25, -0.2) is 5.90 Å². The Morgan fingerprint density at radius 3 is 2.75 bits per heavy atom. The molecular formula is C11H13N3O2. The zero-order valence-electron chi connectivity index (χ0n) is 9.01. The van der Waals surface area contributed by atoms with Gasteiger partial charge in [-0.2, -0.15) is 4.98 Å². The number of hydrogen-bond donors (Lipinski definition) is 1. The standard InChI is InChI=1S/C11H13N3O2/c1-8-2-4-9(5-3-8)6-10-13-11(7-15-12)16-14-10/h2-5H,6-7,12H2,1H3. The first-order chi connectivity index (χ1) is 7.78. The molecule has 0 spiro atoms. The number of aryl methyl sites for hydroxylation is 1. The highest BCUT2D eigenvalue weighted by Crippen LogP contribution is 2.08. The Morgan fingerprint density at radius 2 is 2.06 bits per heavy atom. The van der Waals surface area contributed by atoms with Crippen molar-refractivity contribution in [2.75, 3.05) is 0 Å². The molecule has 0 unspecified atom stereocenters. The van der Waals surface area contributed by atoms with E-state index in [0.717, 1.165) is 5.56 Å². The van der Waals surface area contributed by atoms with Crippen molar-refractivity contribution in [3.05, 3.63) is 47.1 Å². The molecule has 5 heteroatoms. The molecule has 0 radical (unpaired) electrons. The molecule has 0 amide bonds. The van der Waals surface area contributed by atoms with Crippen LogP contribution >= 0.6 is 0 Å². The number of nitrogens with zero attached hydrogens (tertiary/aromatic N) is 2. The van der Waals surface area contributed by atoms with Crippen molar-refractivity contribution in [1.29, 1.82) is 0 Å². The molecule has 0 bridgehead atoms. The van der Waals surface area contributed by atoms with Crippen molar-refractivity contribution >= 4 is 0 Å². The summed E-state index contributed by atoms with van der Waals surface area (Å²) in [7, 11) is 0. The van der Waals surface area contributed by atoms with E-state index in [0.29, 0.717) is 18.1 Å². The van der Waals surface area contributed by atoms with Crippen molar-refractivity contribution in [1.82, 2.24) is 10.1 Å². The number of hydrogen-bond acceptors (Lipinski definition) is 5. The van der Waals surface area contributed by atoms with Crippen LogP contribution in [0.1, 0.15) is 22.8 Å². The van der Waals surface area contributed by atoms with E-state index in [-0.39, 0.29) is 6.61 Å². The summed E-state index contributed by atoms with van der Waals surface area (Å²) in [6.07, 6.45) is 0.647. The second kappa shape index (κ2) is 4.87. The quantitative estimate of drug-likeness (QED) is 0.786. The minimum absolute atomic E-state index is 0.140. The first kappa shape index (κ1) is 10.8. The fraction of sp³-hybridized carbons (Fsp3) is 0.273. The third kappa shape index (κ3) is 2.65. The Hall–Kier alpha value is -1.72. The lowest BCUT2D eigenvalue weighted by Crippen LogP contribution is -1.99. The largest absolute Gasteiger partial charge is 0.337 e. The minimum atomic E-state index is 0.140. The van der Waals surface area contributed by atoms with Crippen LogP contribution < -0.4 is 5.90 Å². The predicted molar refractivity (Wildman–Crippen MR) is 57.3 cm³/mol. The van der Waals surface area contributed by atoms with Crippen LogP contribution in [0, 0.1) is 6.92 Å². The maximum Gasteiger partial charge on any atom is 0.254 e. The molecule has 0 saturated heterocycles. The second-order valence-electron chi connectivity index (χ2n) is 3.58. The average Bonchev–Trinajstić information content (AvgIpc) is 2.70. The fourth-order valence-corrected chi connectivity index (χ4v) is 1.38. The molecule has 0 aliphatic rings. The van der Waals surface area contributed by atoms with Gasteiger partial charge in [-0.15, -0.1) is 0 Å². The topological polar surface area (TPSA) is 74.2 Å². The van der Waals surface area contributed by atoms with Crippen LogP contribution in [0.2, 0.25) is 0 Å². The molecule has 0 saturated carbocycles. The van der Waals surface area contributed by atoms with E-state index >= 15 is 0 Å². The van der Waals surface area contributed by atoms with E-state index in [9.17, 15) is 0 Å². The summed E-state index contributed by atoms with van der Waals surface area (Å²) in [5, 5.41) is 3.83. The van der Waals surface area contributed by atoms with Gasteiger partial charge in [0, 0.05) is 6.42 Å². The van der Waals surface area contributed by atoms with E-state index in [2.05, 4.69) is 34.0 Å². The molecule has 16 heavy (non-hydrogen) atoms. The van der Waals surface area contributed by atoms with Gasteiger partial charge in [0.05, 0.1) is 0 Å². The fourth-order valence-electron chi connectivity index (χ4n) is 1.38. The van der Waals surface area contributed by atoms with Gasteiger partial charge in [-0.05, 0) is 12.5 Å². The van der Waals surface area contributed by atoms with Crippen LogP contribution in [0.3, 0.4) is 0 Å². The van der Waals surface area contributed by atoms with Crippen LogP contribution in [-0.2, 0) is 17.9 Å². The lowest BCUT2D eigenvalue weighted by Gasteiger charge is -1.96. The lowest BCUT2D eigenvalue weighted by molar-refractivity contribution is 0.0995. The summed E-state index contributed by atoms with van der Waals surface area (Å²) in [6, 6.07) is 8.20. The average molecular weight is 219 g/mol. The zero-order chi connectivity index (χ0) is 11.4. The third-order valence-corrected chi connectivity index (χ3v) is 2.20. The highest BCUT2D eigenvalue weighted by molar-refractivity contribution is 5.23. The van der Waals surface area contributed by atoms with Gasteiger partial charge in [0.1, 0.15) is 6.61 Å². The van der Waals surface area contributed by atoms with Gasteiger partial charge in [0.2, 0.25) is 0 Å². The Bertz CT molecular complexity index is 451. The summed E-state index contributed by atoms with van der Waals surface area (Å²) >= 11 is 0. The molecule has 1 heterocycles. The van der Waals surface area contributed by atoms with Crippen LogP contribution in [-0.4, -0.2) is 10.1 Å². The zero-order valence-corrected chi connectivity index (χ0v) is 9.01. The van der Waals surface area contributed by atoms with E-state index < -0.39 is 0 Å². The van der Waals surface area contributed by atoms with E-state index in [4.69, 9.17) is 10.4 Å². The van der Waals surface area contributed by atoms with Crippen LogP contribution in [0.5, 0.6) is 0 Å². The SMILES string of the molecule is Cc1ccc(Cc2noc(CON)n2)cc1. The molecule has 2 aromatic rings. The lowest BCUT2D eigenvalue weighted by atomic mass is 10.1. The highest BCUT2D eigenvalue weighted by atomic mass is 16.6. The Morgan fingerprint density at radius 1 is 1.31 bits per heavy atom. The Balaban J connectivity index is 2.05. The molecule has 0 atom stereocenters. The summed E-state index contributed by atoms with van der Waals surface area (Å²) in [6.45, 7) is 2.19. The monoisotopic (exact) mass is 219 g/mol. The van der Waals surface area contributed by atoms with Gasteiger partial charge in [0.15, 0.2) is 5.82 Å². The van der Waals surface area contributed by atoms with Crippen LogP contribution in [0.15, 0.2) is 28.8 Å². The predicted octanol–water partition coefficient (Wildman–Crippen LogP) is 1.36. The summed E-state index contributed by atoms with van der Waals surface area (Å²) in [4.78, 5) is 8.55. The van der Waals surface area contributed by atoms with Gasteiger partial charge in [-0.3, -0.25) is 4.84 Å². The molecule has 84 valence electrons. The first-order valence-electron chi connectivity index (χ1n) is 4.96. The minimum Gasteiger partial charge on any atom is -0.337 e. The molecule has 2 rings (SSSR count). The van der Waals surface area contributed by atoms with Gasteiger partial charge < -0.3 is 4.52 Å². The molecular weight excluding hydrogens is 206 g/mol. The van der Waals surface area contributed by atoms with E-state index in [1.165, 1.54) is 5.56 Å². The van der Waals surface area contributed by atoms with Gasteiger partial charge >= 0.3 is 0 Å². The smallest absolute Gasteiger partial charge is 0.254 e. The number of benzene rings is 1. The highest BCUT2D eigenvalue weighted by Gasteiger charge is 2.06. The van der Waals surface area contributed by atoms with Gasteiger partial charge in [-0.1, -0.05) is 35.0 Å². The Labute approximate surface area is 93.2 Å². The number of aromatic nitrogens is 2. The summed E-state index contributed by atoms with van der Waals surface area (Å²) in [5.41, 5.74) is 2.38. The van der Waals surface area contributed by atoms with Crippen molar-refractivity contribution < 1.29 is 9.36 Å². The maximum absolute atomic E-state index is 4.93. The third-order valence-electron chi connectivity index (χ3n) is 2.20. The molecule has 1 aromatic carbocycles. The number of nitrogens with two attached hydrogens (primary N) is 1. The van der Waals surface area contributed by atoms with E-state index in [1.54, 1.807) is 0 Å². The first-order valence-corrected chi connectivity index (χ1v) is 4.96. The van der Waals surface area contributed by atoms with Gasteiger partial charge in [0.25, 0.3) is 5.89 Å². The molecule has 0 fully saturated rings. The van der Waals surface area contributed by atoms with Crippen molar-refractivity contribution in [3.8, 4) is 0 Å². The second-order valence-corrected chi connectivity index (χ2v) is 3.58. The molecule has 2 N–H and O–H groups in total. The molecule has 0 aliphatic heterocycles. The summed E-state index contributed by atoms with van der Waals surface area (Å²) in [5.74, 6) is 5.94. The van der Waals surface area contributed by atoms with Crippen molar-refractivity contribution in [2.24, 2.45) is 5.90 Å². The molecule has 0 aliphatic carbocycles. The van der Waals surface area contributed by atoms with Crippen LogP contribution in [0.4, 0.5) is 0 Å². The van der Waals surface area contributed by atoms with Crippen molar-refractivity contribution in [2.45, 2.75) is 20.0 Å². The maximum atomic E-state index is 4.93. The number of rotatable bonds is 4. The molecule has 1 aromatic heterocycles. The normalized spacial score (nSPS) is 10.6. The van der Waals surface area contributed by atoms with E-state index in [1.807, 2.05) is 12.1 Å².